The van der Waals surface area contributed by atoms with Crippen LogP contribution in [0.15, 0.2) is 66.9 Å². The molecule has 3 aromatic rings. The number of aromatic nitrogens is 1. The van der Waals surface area contributed by atoms with Crippen molar-refractivity contribution in [1.29, 1.82) is 0 Å². The molecule has 3 aliphatic rings. The first kappa shape index (κ1) is 17.5. The molecule has 3 heteroatoms. The van der Waals surface area contributed by atoms with Crippen molar-refractivity contribution >= 4 is 10.8 Å². The van der Waals surface area contributed by atoms with Gasteiger partial charge in [0.2, 0.25) is 5.88 Å². The molecule has 0 spiro atoms. The van der Waals surface area contributed by atoms with Crippen LogP contribution in [0.25, 0.3) is 10.8 Å². The highest BCUT2D eigenvalue weighted by Gasteiger charge is 2.71. The van der Waals surface area contributed by atoms with Gasteiger partial charge in [0.05, 0.1) is 12.5 Å². The first-order valence-electron chi connectivity index (χ1n) is 11.1. The Bertz CT molecular complexity index is 1050. The molecule has 0 bridgehead atoms. The number of hydrogen-bond donors (Lipinski definition) is 0. The largest absolute Gasteiger partial charge is 0.468 e. The average Bonchev–Trinajstić information content (AvgIpc) is 3.32. The Balaban J connectivity index is 1.39. The molecule has 29 heavy (non-hydrogen) atoms. The van der Waals surface area contributed by atoms with Crippen molar-refractivity contribution in [2.24, 2.45) is 11.8 Å². The number of nitrogens with zero attached hydrogens (tertiary/aromatic N) is 2. The molecule has 148 valence electrons. The lowest BCUT2D eigenvalue weighted by Crippen LogP contribution is -2.57. The van der Waals surface area contributed by atoms with E-state index in [9.17, 15) is 0 Å². The first-order chi connectivity index (χ1) is 14.2. The van der Waals surface area contributed by atoms with Crippen molar-refractivity contribution in [2.75, 3.05) is 13.1 Å². The van der Waals surface area contributed by atoms with E-state index in [0.29, 0.717) is 11.5 Å². The molecule has 2 saturated heterocycles. The highest BCUT2D eigenvalue weighted by molar-refractivity contribution is 5.85. The fourth-order valence-electron chi connectivity index (χ4n) is 7.17. The quantitative estimate of drug-likeness (QED) is 0.576. The topological polar surface area (TPSA) is 22.1 Å². The second kappa shape index (κ2) is 6.30. The fourth-order valence-corrected chi connectivity index (χ4v) is 7.17. The molecule has 2 aliphatic heterocycles. The molecule has 5 atom stereocenters. The van der Waals surface area contributed by atoms with E-state index < -0.39 is 0 Å². The van der Waals surface area contributed by atoms with Gasteiger partial charge >= 0.3 is 0 Å². The van der Waals surface area contributed by atoms with E-state index in [-0.39, 0.29) is 6.10 Å². The van der Waals surface area contributed by atoms with Gasteiger partial charge in [-0.25, -0.2) is 4.98 Å². The van der Waals surface area contributed by atoms with Crippen LogP contribution in [0.3, 0.4) is 0 Å². The summed E-state index contributed by atoms with van der Waals surface area (Å²) in [5.74, 6) is 2.25. The normalized spacial score (nSPS) is 35.1. The molecule has 6 rings (SSSR count). The molecule has 0 amide bonds. The molecule has 3 fully saturated rings. The number of fused-ring (bicyclic) bond motifs is 1. The van der Waals surface area contributed by atoms with E-state index in [1.54, 1.807) is 0 Å². The minimum absolute atomic E-state index is 0.273. The molecule has 0 unspecified atom stereocenters. The Hall–Kier alpha value is -2.39. The predicted octanol–water partition coefficient (Wildman–Crippen LogP) is 5.20. The molecule has 1 aliphatic carbocycles. The van der Waals surface area contributed by atoms with Crippen molar-refractivity contribution in [3.63, 3.8) is 0 Å². The SMILES string of the molecule is C[C@@]12[C@H]3CC[C@@H]1[C@@H](Oc1ccccn1)C[N@+]2(Cc1cccc2ccccc12)CC3. The number of rotatable bonds is 4. The van der Waals surface area contributed by atoms with Crippen LogP contribution >= 0.6 is 0 Å². The van der Waals surface area contributed by atoms with Crippen LogP contribution in [-0.4, -0.2) is 34.2 Å². The standard InChI is InChI=1S/C26H29N2O/c1-26-21-12-13-23(26)24(29-25-11-4-5-15-27-25)18-28(26,16-14-21)17-20-9-6-8-19-7-2-3-10-22(19)20/h2-11,15,21,23-24H,12-14,16-18H2,1H3/q+1/t21-,23+,24-,26+,28+/m0/s1. The maximum Gasteiger partial charge on any atom is 0.213 e. The van der Waals surface area contributed by atoms with E-state index in [2.05, 4.69) is 54.4 Å². The lowest BCUT2D eigenvalue weighted by atomic mass is 9.83. The maximum atomic E-state index is 6.53. The molecule has 1 saturated carbocycles. The lowest BCUT2D eigenvalue weighted by molar-refractivity contribution is -0.965. The molecular weight excluding hydrogens is 356 g/mol. The zero-order valence-corrected chi connectivity index (χ0v) is 17.1. The van der Waals surface area contributed by atoms with Gasteiger partial charge < -0.3 is 9.22 Å². The zero-order chi connectivity index (χ0) is 19.5. The summed E-state index contributed by atoms with van der Waals surface area (Å²) in [6, 6.07) is 21.7. The summed E-state index contributed by atoms with van der Waals surface area (Å²) >= 11 is 0. The van der Waals surface area contributed by atoms with Crippen molar-refractivity contribution in [1.82, 2.24) is 4.98 Å². The highest BCUT2D eigenvalue weighted by atomic mass is 16.5. The third kappa shape index (κ3) is 2.43. The first-order valence-corrected chi connectivity index (χ1v) is 11.1. The second-order valence-corrected chi connectivity index (χ2v) is 9.57. The molecule has 2 aromatic carbocycles. The third-order valence-electron chi connectivity index (χ3n) is 8.57. The number of pyridine rings is 1. The molecular formula is C26H29N2O+. The van der Waals surface area contributed by atoms with Crippen LogP contribution in [0, 0.1) is 11.8 Å². The Morgan fingerprint density at radius 3 is 2.76 bits per heavy atom. The third-order valence-corrected chi connectivity index (χ3v) is 8.57. The summed E-state index contributed by atoms with van der Waals surface area (Å²) in [6.45, 7) is 6.09. The fraction of sp³-hybridized carbons (Fsp3) is 0.423. The summed E-state index contributed by atoms with van der Waals surface area (Å²) in [7, 11) is 0. The van der Waals surface area contributed by atoms with Gasteiger partial charge in [0.1, 0.15) is 18.6 Å². The summed E-state index contributed by atoms with van der Waals surface area (Å²) < 4.78 is 7.72. The summed E-state index contributed by atoms with van der Waals surface area (Å²) in [4.78, 5) is 4.46. The van der Waals surface area contributed by atoms with Crippen LogP contribution in [0.4, 0.5) is 0 Å². The van der Waals surface area contributed by atoms with E-state index in [1.165, 1.54) is 46.6 Å². The van der Waals surface area contributed by atoms with Crippen LogP contribution in [0.2, 0.25) is 0 Å². The van der Waals surface area contributed by atoms with Crippen molar-refractivity contribution in [3.8, 4) is 5.88 Å². The van der Waals surface area contributed by atoms with E-state index >= 15 is 0 Å². The van der Waals surface area contributed by atoms with Crippen molar-refractivity contribution in [3.05, 3.63) is 72.4 Å². The molecule has 0 radical (unpaired) electrons. The van der Waals surface area contributed by atoms with Crippen LogP contribution in [-0.2, 0) is 6.54 Å². The van der Waals surface area contributed by atoms with Gasteiger partial charge in [0.15, 0.2) is 6.10 Å². The molecule has 3 heterocycles. The highest BCUT2D eigenvalue weighted by Crippen LogP contribution is 2.61. The van der Waals surface area contributed by atoms with Gasteiger partial charge in [-0.2, -0.15) is 0 Å². The van der Waals surface area contributed by atoms with Crippen LogP contribution in [0.1, 0.15) is 31.7 Å². The predicted molar refractivity (Wildman–Crippen MR) is 116 cm³/mol. The number of benzene rings is 2. The smallest absolute Gasteiger partial charge is 0.213 e. The molecule has 1 aromatic heterocycles. The summed E-state index contributed by atoms with van der Waals surface area (Å²) in [5, 5.41) is 2.77. The minimum atomic E-state index is 0.273. The number of ether oxygens (including phenoxy) is 1. The van der Waals surface area contributed by atoms with Crippen molar-refractivity contribution < 1.29 is 9.22 Å². The van der Waals surface area contributed by atoms with Crippen LogP contribution in [0.5, 0.6) is 5.88 Å². The zero-order valence-electron chi connectivity index (χ0n) is 17.1. The monoisotopic (exact) mass is 385 g/mol. The average molecular weight is 386 g/mol. The van der Waals surface area contributed by atoms with Gasteiger partial charge in [-0.05, 0) is 36.6 Å². The Morgan fingerprint density at radius 2 is 1.86 bits per heavy atom. The van der Waals surface area contributed by atoms with Gasteiger partial charge in [0.25, 0.3) is 0 Å². The van der Waals surface area contributed by atoms with Gasteiger partial charge in [-0.3, -0.25) is 0 Å². The minimum Gasteiger partial charge on any atom is -0.468 e. The Kier molecular flexibility index (Phi) is 3.80. The maximum absolute atomic E-state index is 6.53. The van der Waals surface area contributed by atoms with Gasteiger partial charge in [-0.15, -0.1) is 0 Å². The Labute approximate surface area is 172 Å². The van der Waals surface area contributed by atoms with Crippen LogP contribution < -0.4 is 4.74 Å². The molecule has 3 nitrogen and oxygen atoms in total. The van der Waals surface area contributed by atoms with Gasteiger partial charge in [-0.1, -0.05) is 48.5 Å². The second-order valence-electron chi connectivity index (χ2n) is 9.57. The number of quaternary nitrogens is 1. The molecule has 0 N–H and O–H groups in total. The van der Waals surface area contributed by atoms with Crippen molar-refractivity contribution in [2.45, 2.75) is 44.4 Å². The lowest BCUT2D eigenvalue weighted by Gasteiger charge is -2.43. The summed E-state index contributed by atoms with van der Waals surface area (Å²) in [5.41, 5.74) is 1.82. The summed E-state index contributed by atoms with van der Waals surface area (Å²) in [6.07, 6.45) is 6.14. The van der Waals surface area contributed by atoms with Gasteiger partial charge in [0, 0.05) is 30.2 Å². The van der Waals surface area contributed by atoms with E-state index in [4.69, 9.17) is 4.74 Å². The van der Waals surface area contributed by atoms with E-state index in [1.807, 2.05) is 24.4 Å². The Morgan fingerprint density at radius 1 is 1.00 bits per heavy atom. The van der Waals surface area contributed by atoms with E-state index in [0.717, 1.165) is 24.9 Å². The number of hydrogen-bond acceptors (Lipinski definition) is 2.